The molecule has 0 unspecified atom stereocenters. The van der Waals surface area contributed by atoms with Crippen molar-refractivity contribution < 1.29 is 0 Å². The maximum atomic E-state index is 2.22. The van der Waals surface area contributed by atoms with E-state index in [1.807, 2.05) is 0 Å². The van der Waals surface area contributed by atoms with Gasteiger partial charge in [-0.2, -0.15) is 0 Å². The molecule has 0 saturated carbocycles. The normalized spacial score (nSPS) is 11.2. The summed E-state index contributed by atoms with van der Waals surface area (Å²) in [4.78, 5) is 0. The molecule has 1 aromatic carbocycles. The highest BCUT2D eigenvalue weighted by atomic mass is 14.9. The van der Waals surface area contributed by atoms with Gasteiger partial charge >= 0.3 is 0 Å². The molecule has 0 aliphatic rings. The van der Waals surface area contributed by atoms with Gasteiger partial charge in [-0.15, -0.1) is 0 Å². The summed E-state index contributed by atoms with van der Waals surface area (Å²) >= 11 is 0. The number of hydrogen-bond donors (Lipinski definition) is 0. The first-order valence-corrected chi connectivity index (χ1v) is 4.82. The van der Waals surface area contributed by atoms with Gasteiger partial charge < -0.3 is 4.40 Å². The molecule has 0 spiro atoms. The van der Waals surface area contributed by atoms with Gasteiger partial charge in [0.25, 0.3) is 0 Å². The second kappa shape index (κ2) is 2.61. The molecule has 0 bridgehead atoms. The van der Waals surface area contributed by atoms with Crippen LogP contribution in [0.5, 0.6) is 0 Å². The monoisotopic (exact) mass is 181 g/mol. The molecule has 3 aromatic rings. The van der Waals surface area contributed by atoms with Gasteiger partial charge in [-0.05, 0) is 30.5 Å². The van der Waals surface area contributed by atoms with E-state index in [9.17, 15) is 0 Å². The van der Waals surface area contributed by atoms with E-state index in [0.717, 1.165) is 0 Å². The number of hydrogen-bond acceptors (Lipinski definition) is 0. The topological polar surface area (TPSA) is 4.41 Å². The maximum Gasteiger partial charge on any atom is 0.0531 e. The molecule has 0 amide bonds. The van der Waals surface area contributed by atoms with Crippen LogP contribution in [-0.4, -0.2) is 4.40 Å². The highest BCUT2D eigenvalue weighted by Crippen LogP contribution is 2.21. The maximum absolute atomic E-state index is 2.22. The molecule has 0 atom stereocenters. The van der Waals surface area contributed by atoms with Gasteiger partial charge in [-0.1, -0.05) is 24.3 Å². The first-order chi connectivity index (χ1) is 6.86. The third-order valence-electron chi connectivity index (χ3n) is 2.76. The zero-order chi connectivity index (χ0) is 9.54. The summed E-state index contributed by atoms with van der Waals surface area (Å²) in [5, 5.41) is 2.63. The van der Waals surface area contributed by atoms with Gasteiger partial charge in [-0.3, -0.25) is 0 Å². The number of fused-ring (bicyclic) bond motifs is 3. The Morgan fingerprint density at radius 1 is 0.929 bits per heavy atom. The zero-order valence-corrected chi connectivity index (χ0v) is 8.07. The van der Waals surface area contributed by atoms with Crippen molar-refractivity contribution in [2.24, 2.45) is 0 Å². The van der Waals surface area contributed by atoms with Crippen molar-refractivity contribution in [2.75, 3.05) is 0 Å². The smallest absolute Gasteiger partial charge is 0.0531 e. The van der Waals surface area contributed by atoms with Crippen molar-refractivity contribution in [1.29, 1.82) is 0 Å². The van der Waals surface area contributed by atoms with Crippen LogP contribution in [0.25, 0.3) is 16.3 Å². The van der Waals surface area contributed by atoms with E-state index in [1.165, 1.54) is 22.0 Å². The van der Waals surface area contributed by atoms with Crippen LogP contribution in [0.1, 0.15) is 5.69 Å². The number of aryl methyl sites for hydroxylation is 1. The molecule has 3 rings (SSSR count). The summed E-state index contributed by atoms with van der Waals surface area (Å²) in [6.45, 7) is 2.13. The van der Waals surface area contributed by atoms with Crippen molar-refractivity contribution in [3.05, 3.63) is 54.4 Å². The molecule has 1 heteroatoms. The van der Waals surface area contributed by atoms with Crippen LogP contribution >= 0.6 is 0 Å². The molecular weight excluding hydrogens is 170 g/mol. The molecule has 14 heavy (non-hydrogen) atoms. The van der Waals surface area contributed by atoms with Crippen LogP contribution in [0.4, 0.5) is 0 Å². The predicted molar refractivity (Wildman–Crippen MR) is 59.6 cm³/mol. The number of pyridine rings is 1. The lowest BCUT2D eigenvalue weighted by Gasteiger charge is -2.02. The third kappa shape index (κ3) is 0.896. The molecule has 2 aromatic heterocycles. The van der Waals surface area contributed by atoms with Crippen LogP contribution in [0.3, 0.4) is 0 Å². The fraction of sp³-hybridized carbons (Fsp3) is 0.0769. The van der Waals surface area contributed by atoms with Crippen molar-refractivity contribution >= 4 is 16.3 Å². The summed E-state index contributed by atoms with van der Waals surface area (Å²) in [6, 6.07) is 15.0. The van der Waals surface area contributed by atoms with Gasteiger partial charge in [0, 0.05) is 17.3 Å². The fourth-order valence-corrected chi connectivity index (χ4v) is 2.00. The lowest BCUT2D eigenvalue weighted by atomic mass is 10.1. The minimum atomic E-state index is 1.28. The van der Waals surface area contributed by atoms with Crippen LogP contribution in [0.15, 0.2) is 48.7 Å². The number of rotatable bonds is 0. The average molecular weight is 181 g/mol. The molecule has 68 valence electrons. The SMILES string of the molecule is Cc1ccc2c3ccccc3ccn12. The summed E-state index contributed by atoms with van der Waals surface area (Å²) < 4.78 is 2.22. The van der Waals surface area contributed by atoms with Gasteiger partial charge in [0.15, 0.2) is 0 Å². The van der Waals surface area contributed by atoms with Crippen LogP contribution < -0.4 is 0 Å². The largest absolute Gasteiger partial charge is 0.321 e. The van der Waals surface area contributed by atoms with E-state index in [2.05, 4.69) is 60.0 Å². The van der Waals surface area contributed by atoms with E-state index in [1.54, 1.807) is 0 Å². The molecule has 0 radical (unpaired) electrons. The van der Waals surface area contributed by atoms with E-state index in [0.29, 0.717) is 0 Å². The Labute approximate surface area is 82.6 Å². The second-order valence-corrected chi connectivity index (χ2v) is 3.63. The Kier molecular flexibility index (Phi) is 1.42. The first-order valence-electron chi connectivity index (χ1n) is 4.82. The van der Waals surface area contributed by atoms with Crippen molar-refractivity contribution in [3.8, 4) is 0 Å². The van der Waals surface area contributed by atoms with Crippen LogP contribution in [0.2, 0.25) is 0 Å². The lowest BCUT2D eigenvalue weighted by molar-refractivity contribution is 1.12. The Balaban J connectivity index is 2.61. The minimum Gasteiger partial charge on any atom is -0.321 e. The van der Waals surface area contributed by atoms with Gasteiger partial charge in [0.1, 0.15) is 0 Å². The van der Waals surface area contributed by atoms with E-state index >= 15 is 0 Å². The second-order valence-electron chi connectivity index (χ2n) is 3.63. The van der Waals surface area contributed by atoms with E-state index < -0.39 is 0 Å². The Bertz CT molecular complexity index is 605. The molecule has 1 nitrogen and oxygen atoms in total. The van der Waals surface area contributed by atoms with Crippen molar-refractivity contribution in [2.45, 2.75) is 6.92 Å². The molecule has 0 fully saturated rings. The fourth-order valence-electron chi connectivity index (χ4n) is 2.00. The third-order valence-corrected chi connectivity index (χ3v) is 2.76. The Hall–Kier alpha value is -1.76. The zero-order valence-electron chi connectivity index (χ0n) is 8.07. The number of nitrogens with zero attached hydrogens (tertiary/aromatic N) is 1. The Morgan fingerprint density at radius 2 is 1.79 bits per heavy atom. The highest BCUT2D eigenvalue weighted by Gasteiger charge is 2.00. The lowest BCUT2D eigenvalue weighted by Crippen LogP contribution is -1.86. The highest BCUT2D eigenvalue weighted by molar-refractivity contribution is 5.95. The van der Waals surface area contributed by atoms with Crippen LogP contribution in [-0.2, 0) is 0 Å². The Morgan fingerprint density at radius 3 is 2.71 bits per heavy atom. The summed E-state index contributed by atoms with van der Waals surface area (Å²) in [7, 11) is 0. The van der Waals surface area contributed by atoms with Crippen molar-refractivity contribution in [3.63, 3.8) is 0 Å². The van der Waals surface area contributed by atoms with Crippen molar-refractivity contribution in [1.82, 2.24) is 4.40 Å². The summed E-state index contributed by atoms with van der Waals surface area (Å²) in [6.07, 6.45) is 2.13. The quantitative estimate of drug-likeness (QED) is 0.500. The first kappa shape index (κ1) is 7.63. The molecule has 0 saturated heterocycles. The predicted octanol–water partition coefficient (Wildman–Crippen LogP) is 3.40. The molecule has 0 aliphatic carbocycles. The summed E-state index contributed by atoms with van der Waals surface area (Å²) in [5.41, 5.74) is 2.58. The average Bonchev–Trinajstić information content (AvgIpc) is 2.61. The summed E-state index contributed by atoms with van der Waals surface area (Å²) in [5.74, 6) is 0. The molecule has 0 aliphatic heterocycles. The number of aromatic nitrogens is 1. The van der Waals surface area contributed by atoms with Gasteiger partial charge in [0.05, 0.1) is 5.52 Å². The molecular formula is C13H11N. The number of benzene rings is 1. The standard InChI is InChI=1S/C13H11N/c1-10-6-7-13-12-5-3-2-4-11(12)8-9-14(10)13/h2-9H,1H3. The minimum absolute atomic E-state index is 1.28. The molecule has 0 N–H and O–H groups in total. The van der Waals surface area contributed by atoms with E-state index in [4.69, 9.17) is 0 Å². The van der Waals surface area contributed by atoms with Crippen LogP contribution in [0, 0.1) is 6.92 Å². The van der Waals surface area contributed by atoms with Gasteiger partial charge in [0.2, 0.25) is 0 Å². The molecule has 2 heterocycles. The van der Waals surface area contributed by atoms with E-state index in [-0.39, 0.29) is 0 Å². The van der Waals surface area contributed by atoms with Gasteiger partial charge in [-0.25, -0.2) is 0 Å².